The predicted octanol–water partition coefficient (Wildman–Crippen LogP) is 5.86. The van der Waals surface area contributed by atoms with E-state index >= 15 is 0 Å². The molecule has 0 saturated heterocycles. The number of ether oxygens (including phenoxy) is 1. The van der Waals surface area contributed by atoms with Crippen LogP contribution in [0.2, 0.25) is 5.02 Å². The maximum Gasteiger partial charge on any atom is 0.175 e. The molecule has 0 amide bonds. The molecule has 2 aromatic carbocycles. The minimum atomic E-state index is -3.30. The number of halogens is 1. The molecule has 3 rings (SSSR count). The van der Waals surface area contributed by atoms with Crippen LogP contribution < -0.4 is 5.73 Å². The van der Waals surface area contributed by atoms with Crippen LogP contribution in [0.25, 0.3) is 10.4 Å². The fourth-order valence-electron chi connectivity index (χ4n) is 2.78. The zero-order valence-corrected chi connectivity index (χ0v) is 20.7. The van der Waals surface area contributed by atoms with E-state index in [1.165, 1.54) is 17.6 Å². The Morgan fingerprint density at radius 3 is 2.50 bits per heavy atom. The molecule has 168 valence electrons. The van der Waals surface area contributed by atoms with Crippen molar-refractivity contribution < 1.29 is 13.2 Å². The highest BCUT2D eigenvalue weighted by atomic mass is 35.5. The molecule has 0 radical (unpaired) electrons. The Morgan fingerprint density at radius 1 is 1.12 bits per heavy atom. The lowest BCUT2D eigenvalue weighted by Gasteiger charge is -2.23. The largest absolute Gasteiger partial charge is 0.400 e. The average Bonchev–Trinajstić information content (AvgIpc) is 3.24. The summed E-state index contributed by atoms with van der Waals surface area (Å²) in [6.07, 6.45) is 2.99. The number of para-hydroxylation sites is 1. The fourth-order valence-corrected chi connectivity index (χ4v) is 4.59. The molecule has 0 aliphatic carbocycles. The van der Waals surface area contributed by atoms with Crippen LogP contribution in [0.4, 0.5) is 5.69 Å². The standard InChI is InChI=1S/C24H25ClN2O3S2/c1-24(2,30-3)23(26)15-20(27-19-11-6-5-10-18(19)25)22-13-12-21(31-22)16-8-7-9-17(14-16)32(4,28)29/h5-15H,26H2,1-4H3. The summed E-state index contributed by atoms with van der Waals surface area (Å²) < 4.78 is 29.4. The van der Waals surface area contributed by atoms with Crippen molar-refractivity contribution in [2.75, 3.05) is 13.4 Å². The number of hydrogen-bond acceptors (Lipinski definition) is 6. The first-order chi connectivity index (χ1) is 15.0. The van der Waals surface area contributed by atoms with Gasteiger partial charge in [-0.1, -0.05) is 35.9 Å². The molecule has 32 heavy (non-hydrogen) atoms. The van der Waals surface area contributed by atoms with Gasteiger partial charge in [0, 0.05) is 23.9 Å². The zero-order valence-electron chi connectivity index (χ0n) is 18.3. The molecule has 0 spiro atoms. The number of methoxy groups -OCH3 is 1. The Hall–Kier alpha value is -2.45. The third-order valence-electron chi connectivity index (χ3n) is 5.00. The van der Waals surface area contributed by atoms with E-state index in [-0.39, 0.29) is 4.90 Å². The van der Waals surface area contributed by atoms with E-state index in [2.05, 4.69) is 0 Å². The van der Waals surface area contributed by atoms with Crippen molar-refractivity contribution in [2.24, 2.45) is 10.7 Å². The second-order valence-electron chi connectivity index (χ2n) is 7.73. The number of nitrogens with zero attached hydrogens (tertiary/aromatic N) is 1. The third-order valence-corrected chi connectivity index (χ3v) is 7.58. The normalized spacial score (nSPS) is 13.4. The first-order valence-corrected chi connectivity index (χ1v) is 12.9. The van der Waals surface area contributed by atoms with Gasteiger partial charge in [0.25, 0.3) is 0 Å². The Morgan fingerprint density at radius 2 is 1.84 bits per heavy atom. The van der Waals surface area contributed by atoms with Crippen molar-refractivity contribution in [1.29, 1.82) is 0 Å². The van der Waals surface area contributed by atoms with Crippen LogP contribution in [0.1, 0.15) is 18.7 Å². The molecule has 0 unspecified atom stereocenters. The van der Waals surface area contributed by atoms with Crippen LogP contribution in [0, 0.1) is 0 Å². The Balaban J connectivity index is 2.11. The number of allylic oxidation sites excluding steroid dienone is 1. The quantitative estimate of drug-likeness (QED) is 0.422. The van der Waals surface area contributed by atoms with Gasteiger partial charge >= 0.3 is 0 Å². The molecule has 0 aliphatic heterocycles. The van der Waals surface area contributed by atoms with E-state index in [0.29, 0.717) is 22.1 Å². The van der Waals surface area contributed by atoms with Gasteiger partial charge in [0.05, 0.1) is 26.2 Å². The summed E-state index contributed by atoms with van der Waals surface area (Å²) in [6, 6.07) is 18.1. The number of hydrogen-bond donors (Lipinski definition) is 1. The highest BCUT2D eigenvalue weighted by Crippen LogP contribution is 2.32. The Labute approximate surface area is 198 Å². The lowest BCUT2D eigenvalue weighted by Crippen LogP contribution is -2.31. The number of aliphatic imine (C=N–C) groups is 1. The molecule has 8 heteroatoms. The summed E-state index contributed by atoms with van der Waals surface area (Å²) in [4.78, 5) is 6.82. The number of rotatable bonds is 7. The number of thiophene rings is 1. The highest BCUT2D eigenvalue weighted by Gasteiger charge is 2.21. The lowest BCUT2D eigenvalue weighted by atomic mass is 10.0. The molecule has 0 bridgehead atoms. The Kier molecular flexibility index (Phi) is 7.25. The van der Waals surface area contributed by atoms with Crippen LogP contribution in [0.5, 0.6) is 0 Å². The molecule has 2 N–H and O–H groups in total. The molecule has 0 atom stereocenters. The maximum atomic E-state index is 11.9. The van der Waals surface area contributed by atoms with Crippen molar-refractivity contribution in [3.63, 3.8) is 0 Å². The van der Waals surface area contributed by atoms with Crippen LogP contribution in [-0.4, -0.2) is 33.1 Å². The van der Waals surface area contributed by atoms with E-state index in [9.17, 15) is 8.42 Å². The summed E-state index contributed by atoms with van der Waals surface area (Å²) in [5.74, 6) is 0. The number of benzene rings is 2. The summed E-state index contributed by atoms with van der Waals surface area (Å²) in [5, 5.41) is 0.528. The van der Waals surface area contributed by atoms with Gasteiger partial charge in [0.15, 0.2) is 9.84 Å². The van der Waals surface area contributed by atoms with Gasteiger partial charge in [-0.15, -0.1) is 11.3 Å². The van der Waals surface area contributed by atoms with E-state index in [0.717, 1.165) is 15.3 Å². The van der Waals surface area contributed by atoms with Gasteiger partial charge in [-0.25, -0.2) is 13.4 Å². The van der Waals surface area contributed by atoms with Crippen LogP contribution in [0.15, 0.2) is 82.3 Å². The van der Waals surface area contributed by atoms with Gasteiger partial charge < -0.3 is 10.5 Å². The van der Waals surface area contributed by atoms with Crippen molar-refractivity contribution in [1.82, 2.24) is 0 Å². The first kappa shape index (κ1) is 24.2. The smallest absolute Gasteiger partial charge is 0.175 e. The molecule has 5 nitrogen and oxygen atoms in total. The van der Waals surface area contributed by atoms with Gasteiger partial charge in [-0.2, -0.15) is 0 Å². The minimum Gasteiger partial charge on any atom is -0.400 e. The fraction of sp³-hybridized carbons (Fsp3) is 0.208. The molecule has 1 heterocycles. The van der Waals surface area contributed by atoms with Crippen molar-refractivity contribution >= 4 is 44.2 Å². The van der Waals surface area contributed by atoms with E-state index in [1.54, 1.807) is 37.5 Å². The topological polar surface area (TPSA) is 81.8 Å². The second kappa shape index (κ2) is 9.58. The predicted molar refractivity (Wildman–Crippen MR) is 134 cm³/mol. The molecule has 0 aliphatic rings. The summed E-state index contributed by atoms with van der Waals surface area (Å²) in [7, 11) is -1.70. The second-order valence-corrected chi connectivity index (χ2v) is 11.2. The van der Waals surface area contributed by atoms with Crippen LogP contribution >= 0.6 is 22.9 Å². The molecule has 3 aromatic rings. The zero-order chi connectivity index (χ0) is 23.5. The lowest BCUT2D eigenvalue weighted by molar-refractivity contribution is 0.0539. The molecular weight excluding hydrogens is 464 g/mol. The van der Waals surface area contributed by atoms with Crippen molar-refractivity contribution in [3.8, 4) is 10.4 Å². The SMILES string of the molecule is COC(C)(C)C(N)=CC(=Nc1ccccc1Cl)c1ccc(-c2cccc(S(C)(=O)=O)c2)s1. The van der Waals surface area contributed by atoms with E-state index in [1.807, 2.05) is 50.2 Å². The minimum absolute atomic E-state index is 0.279. The first-order valence-electron chi connectivity index (χ1n) is 9.78. The van der Waals surface area contributed by atoms with Gasteiger partial charge in [-0.3, -0.25) is 0 Å². The van der Waals surface area contributed by atoms with Crippen LogP contribution in [-0.2, 0) is 14.6 Å². The average molecular weight is 489 g/mol. The monoisotopic (exact) mass is 488 g/mol. The van der Waals surface area contributed by atoms with Crippen molar-refractivity contribution in [3.05, 3.63) is 82.3 Å². The van der Waals surface area contributed by atoms with Crippen LogP contribution in [0.3, 0.4) is 0 Å². The van der Waals surface area contributed by atoms with E-state index < -0.39 is 15.4 Å². The van der Waals surface area contributed by atoms with Gasteiger partial charge in [0.1, 0.15) is 5.60 Å². The van der Waals surface area contributed by atoms with Gasteiger partial charge in [0.2, 0.25) is 0 Å². The molecule has 1 aromatic heterocycles. The van der Waals surface area contributed by atoms with Crippen molar-refractivity contribution in [2.45, 2.75) is 24.3 Å². The molecule has 0 saturated carbocycles. The summed E-state index contributed by atoms with van der Waals surface area (Å²) in [6.45, 7) is 3.75. The number of sulfone groups is 1. The molecular formula is C24H25ClN2O3S2. The van der Waals surface area contributed by atoms with E-state index in [4.69, 9.17) is 27.1 Å². The van der Waals surface area contributed by atoms with Gasteiger partial charge in [-0.05, 0) is 61.9 Å². The molecule has 0 fully saturated rings. The summed E-state index contributed by atoms with van der Waals surface area (Å²) >= 11 is 7.82. The number of nitrogens with two attached hydrogens (primary N) is 1. The summed E-state index contributed by atoms with van der Waals surface area (Å²) in [5.41, 5.74) is 8.25. The Bertz CT molecular complexity index is 1290. The maximum absolute atomic E-state index is 11.9. The third kappa shape index (κ3) is 5.66. The highest BCUT2D eigenvalue weighted by molar-refractivity contribution is 7.90.